The maximum atomic E-state index is 14.6. The molecular weight excluding hydrogens is 469 g/mol. The minimum absolute atomic E-state index is 0.0392. The Bertz CT molecular complexity index is 1680. The topological polar surface area (TPSA) is 93.4 Å². The van der Waals surface area contributed by atoms with Crippen LogP contribution < -0.4 is 11.0 Å². The zero-order chi connectivity index (χ0) is 25.7. The third-order valence-electron chi connectivity index (χ3n) is 7.07. The summed E-state index contributed by atoms with van der Waals surface area (Å²) in [6.07, 6.45) is 2.52. The second-order valence-electron chi connectivity index (χ2n) is 9.82. The molecule has 37 heavy (non-hydrogen) atoms. The number of halogens is 1. The van der Waals surface area contributed by atoms with Gasteiger partial charge >= 0.3 is 5.69 Å². The number of hydrogen-bond acceptors (Lipinski definition) is 5. The lowest BCUT2D eigenvalue weighted by molar-refractivity contribution is 0.599. The number of nitrogens with one attached hydrogen (secondary N) is 2. The molecule has 0 amide bonds. The van der Waals surface area contributed by atoms with Gasteiger partial charge in [0.25, 0.3) is 0 Å². The lowest BCUT2D eigenvalue weighted by atomic mass is 9.96. The van der Waals surface area contributed by atoms with Crippen LogP contribution in [0.25, 0.3) is 28.2 Å². The summed E-state index contributed by atoms with van der Waals surface area (Å²) in [5.74, 6) is 0.0707. The van der Waals surface area contributed by atoms with E-state index >= 15 is 0 Å². The van der Waals surface area contributed by atoms with Gasteiger partial charge in [-0.15, -0.1) is 0 Å². The molecule has 0 radical (unpaired) electrons. The van der Waals surface area contributed by atoms with Crippen LogP contribution in [0.15, 0.2) is 53.5 Å². The summed E-state index contributed by atoms with van der Waals surface area (Å²) >= 11 is 0. The normalized spacial score (nSPS) is 13.4. The highest BCUT2D eigenvalue weighted by molar-refractivity contribution is 5.74. The van der Waals surface area contributed by atoms with Crippen molar-refractivity contribution in [2.24, 2.45) is 0 Å². The van der Waals surface area contributed by atoms with Crippen LogP contribution in [-0.2, 0) is 19.5 Å². The molecule has 4 heterocycles. The molecule has 5 aromatic rings. The van der Waals surface area contributed by atoms with Gasteiger partial charge in [0.1, 0.15) is 11.3 Å². The molecule has 8 nitrogen and oxygen atoms in total. The maximum absolute atomic E-state index is 14.6. The van der Waals surface area contributed by atoms with Crippen molar-refractivity contribution < 1.29 is 4.39 Å². The molecule has 0 bridgehead atoms. The van der Waals surface area contributed by atoms with Crippen LogP contribution in [0.5, 0.6) is 0 Å². The Balaban J connectivity index is 1.34. The number of H-pyrrole nitrogens is 1. The van der Waals surface area contributed by atoms with Crippen molar-refractivity contribution in [3.63, 3.8) is 0 Å². The SMILES string of the molecule is Cc1c2c(nn1-c1ccc(Cn3c(=O)[nH]c4cnc(-c5cccc(F)c5C(C)C)nc43)cc1)CCNC2. The van der Waals surface area contributed by atoms with Gasteiger partial charge in [-0.1, -0.05) is 38.1 Å². The van der Waals surface area contributed by atoms with Crippen molar-refractivity contribution in [1.82, 2.24) is 34.6 Å². The van der Waals surface area contributed by atoms with Gasteiger partial charge in [0, 0.05) is 41.9 Å². The first-order valence-corrected chi connectivity index (χ1v) is 12.5. The number of aromatic nitrogens is 6. The molecule has 0 fully saturated rings. The standard InChI is InChI=1S/C28H28FN7O/c1-16(2)25-20(5-4-6-22(25)29)26-31-14-24-27(33-26)35(28(37)32-24)15-18-7-9-19(10-8-18)36-17(3)21-13-30-12-11-23(21)34-36/h4-10,14,16,30H,11-13,15H2,1-3H3,(H,32,37). The molecular formula is C28H28FN7O. The van der Waals surface area contributed by atoms with Crippen LogP contribution in [0.3, 0.4) is 0 Å². The summed E-state index contributed by atoms with van der Waals surface area (Å²) < 4.78 is 18.2. The zero-order valence-corrected chi connectivity index (χ0v) is 21.0. The predicted molar refractivity (Wildman–Crippen MR) is 140 cm³/mol. The second kappa shape index (κ2) is 9.08. The van der Waals surface area contributed by atoms with Crippen LogP contribution in [0, 0.1) is 12.7 Å². The van der Waals surface area contributed by atoms with Gasteiger partial charge in [-0.05, 0) is 36.6 Å². The largest absolute Gasteiger partial charge is 0.328 e. The van der Waals surface area contributed by atoms with E-state index in [1.165, 1.54) is 11.6 Å². The first kappa shape index (κ1) is 23.3. The summed E-state index contributed by atoms with van der Waals surface area (Å²) in [4.78, 5) is 24.8. The molecule has 1 aliphatic rings. The number of aromatic amines is 1. The highest BCUT2D eigenvalue weighted by Crippen LogP contribution is 2.30. The van der Waals surface area contributed by atoms with Crippen molar-refractivity contribution in [2.75, 3.05) is 6.54 Å². The highest BCUT2D eigenvalue weighted by Gasteiger charge is 2.19. The molecule has 1 aliphatic heterocycles. The van der Waals surface area contributed by atoms with Crippen molar-refractivity contribution in [2.45, 2.75) is 46.2 Å². The van der Waals surface area contributed by atoms with Crippen molar-refractivity contribution in [1.29, 1.82) is 0 Å². The first-order valence-electron chi connectivity index (χ1n) is 12.5. The van der Waals surface area contributed by atoms with Gasteiger partial charge in [0.05, 0.1) is 24.1 Å². The predicted octanol–water partition coefficient (Wildman–Crippen LogP) is 4.24. The van der Waals surface area contributed by atoms with Gasteiger partial charge in [-0.25, -0.2) is 23.8 Å². The lowest BCUT2D eigenvalue weighted by Crippen LogP contribution is -2.23. The summed E-state index contributed by atoms with van der Waals surface area (Å²) in [7, 11) is 0. The Morgan fingerprint density at radius 1 is 1.14 bits per heavy atom. The third kappa shape index (κ3) is 4.05. The van der Waals surface area contributed by atoms with Gasteiger partial charge in [0.15, 0.2) is 11.5 Å². The van der Waals surface area contributed by atoms with Crippen LogP contribution in [-0.4, -0.2) is 35.8 Å². The minimum atomic E-state index is -0.285. The van der Waals surface area contributed by atoms with Gasteiger partial charge in [-0.2, -0.15) is 5.10 Å². The fraction of sp³-hybridized carbons (Fsp3) is 0.286. The van der Waals surface area contributed by atoms with Crippen LogP contribution in [0.2, 0.25) is 0 Å². The molecule has 6 rings (SSSR count). The van der Waals surface area contributed by atoms with E-state index in [2.05, 4.69) is 22.2 Å². The van der Waals surface area contributed by atoms with Gasteiger partial charge in [-0.3, -0.25) is 4.57 Å². The molecule has 0 saturated heterocycles. The Hall–Kier alpha value is -4.11. The van der Waals surface area contributed by atoms with Crippen LogP contribution in [0.4, 0.5) is 4.39 Å². The molecule has 3 aromatic heterocycles. The monoisotopic (exact) mass is 497 g/mol. The minimum Gasteiger partial charge on any atom is -0.312 e. The molecule has 0 atom stereocenters. The second-order valence-corrected chi connectivity index (χ2v) is 9.82. The number of benzene rings is 2. The molecule has 2 N–H and O–H groups in total. The van der Waals surface area contributed by atoms with Crippen molar-refractivity contribution >= 4 is 11.2 Å². The molecule has 9 heteroatoms. The van der Waals surface area contributed by atoms with E-state index in [-0.39, 0.29) is 17.4 Å². The van der Waals surface area contributed by atoms with E-state index in [9.17, 15) is 9.18 Å². The summed E-state index contributed by atoms with van der Waals surface area (Å²) in [5, 5.41) is 8.23. The summed E-state index contributed by atoms with van der Waals surface area (Å²) in [6.45, 7) is 8.11. The lowest BCUT2D eigenvalue weighted by Gasteiger charge is -2.13. The van der Waals surface area contributed by atoms with Gasteiger partial charge in [0.2, 0.25) is 0 Å². The average molecular weight is 498 g/mol. The molecule has 0 spiro atoms. The Kier molecular flexibility index (Phi) is 5.72. The maximum Gasteiger partial charge on any atom is 0.328 e. The molecule has 2 aromatic carbocycles. The quantitative estimate of drug-likeness (QED) is 0.379. The van der Waals surface area contributed by atoms with E-state index in [0.29, 0.717) is 34.7 Å². The third-order valence-corrected chi connectivity index (χ3v) is 7.07. The summed E-state index contributed by atoms with van der Waals surface area (Å²) in [6, 6.07) is 13.0. The van der Waals surface area contributed by atoms with E-state index in [4.69, 9.17) is 10.1 Å². The van der Waals surface area contributed by atoms with Gasteiger partial charge < -0.3 is 10.3 Å². The fourth-order valence-corrected chi connectivity index (χ4v) is 5.16. The number of fused-ring (bicyclic) bond motifs is 2. The smallest absolute Gasteiger partial charge is 0.312 e. The van der Waals surface area contributed by atoms with Crippen molar-refractivity contribution in [3.8, 4) is 17.1 Å². The zero-order valence-electron chi connectivity index (χ0n) is 21.0. The number of imidazole rings is 1. The summed E-state index contributed by atoms with van der Waals surface area (Å²) in [5.41, 5.74) is 7.47. The highest BCUT2D eigenvalue weighted by atomic mass is 19.1. The van der Waals surface area contributed by atoms with Crippen LogP contribution in [0.1, 0.15) is 47.8 Å². The number of rotatable bonds is 5. The van der Waals surface area contributed by atoms with E-state index in [1.54, 1.807) is 16.8 Å². The Morgan fingerprint density at radius 2 is 1.95 bits per heavy atom. The van der Waals surface area contributed by atoms with E-state index in [1.807, 2.05) is 48.9 Å². The molecule has 0 saturated carbocycles. The van der Waals surface area contributed by atoms with E-state index in [0.717, 1.165) is 42.1 Å². The molecule has 188 valence electrons. The Labute approximate surface area is 213 Å². The average Bonchev–Trinajstić information content (AvgIpc) is 3.40. The fourth-order valence-electron chi connectivity index (χ4n) is 5.16. The molecule has 0 aliphatic carbocycles. The van der Waals surface area contributed by atoms with E-state index < -0.39 is 0 Å². The van der Waals surface area contributed by atoms with Crippen molar-refractivity contribution in [3.05, 3.63) is 93.0 Å². The molecule has 0 unspecified atom stereocenters. The first-order chi connectivity index (χ1) is 17.9. The number of hydrogen-bond donors (Lipinski definition) is 2. The Morgan fingerprint density at radius 3 is 2.70 bits per heavy atom. The number of nitrogens with zero attached hydrogens (tertiary/aromatic N) is 5. The van der Waals surface area contributed by atoms with Crippen LogP contribution >= 0.6 is 0 Å².